The Kier molecular flexibility index (Phi) is 2.59. The van der Waals surface area contributed by atoms with E-state index in [1.807, 2.05) is 10.9 Å². The van der Waals surface area contributed by atoms with E-state index in [2.05, 4.69) is 25.5 Å². The van der Waals surface area contributed by atoms with Crippen LogP contribution in [0.5, 0.6) is 0 Å². The molecule has 0 aromatic carbocycles. The molecule has 6 nitrogen and oxygen atoms in total. The van der Waals surface area contributed by atoms with Crippen LogP contribution in [-0.2, 0) is 6.42 Å². The molecule has 0 atom stereocenters. The van der Waals surface area contributed by atoms with Gasteiger partial charge in [-0.05, 0) is 0 Å². The number of hydrogen-bond donors (Lipinski definition) is 3. The summed E-state index contributed by atoms with van der Waals surface area (Å²) in [6.07, 6.45) is 0.859. The van der Waals surface area contributed by atoms with E-state index in [-0.39, 0.29) is 0 Å². The average Bonchev–Trinajstić information content (AvgIpc) is 2.77. The number of H-pyrrole nitrogens is 1. The van der Waals surface area contributed by atoms with Crippen LogP contribution in [0.15, 0.2) is 10.9 Å². The molecule has 0 aliphatic heterocycles. The van der Waals surface area contributed by atoms with Gasteiger partial charge in [0.1, 0.15) is 0 Å². The Morgan fingerprint density at radius 1 is 1.57 bits per heavy atom. The highest BCUT2D eigenvalue weighted by Gasteiger charge is 1.99. The van der Waals surface area contributed by atoms with E-state index in [1.54, 1.807) is 11.3 Å². The van der Waals surface area contributed by atoms with Crippen LogP contribution in [0.3, 0.4) is 0 Å². The van der Waals surface area contributed by atoms with Gasteiger partial charge in [0.15, 0.2) is 0 Å². The summed E-state index contributed by atoms with van der Waals surface area (Å²) in [5.74, 6) is 0.846. The summed E-state index contributed by atoms with van der Waals surface area (Å²) in [5, 5.41) is 11.5. The maximum atomic E-state index is 5.37. The van der Waals surface area contributed by atoms with Gasteiger partial charge in [0.05, 0.1) is 11.2 Å². The van der Waals surface area contributed by atoms with E-state index in [0.29, 0.717) is 11.9 Å². The first-order valence-corrected chi connectivity index (χ1v) is 5.07. The van der Waals surface area contributed by atoms with Crippen molar-refractivity contribution in [3.63, 3.8) is 0 Å². The largest absolute Gasteiger partial charge is 0.368 e. The zero-order chi connectivity index (χ0) is 9.80. The molecule has 2 heterocycles. The number of aromatic nitrogens is 4. The SMILES string of the molecule is Nc1nc(NCCc2cscn2)n[nH]1. The maximum Gasteiger partial charge on any atom is 0.243 e. The van der Waals surface area contributed by atoms with Crippen LogP contribution in [0, 0.1) is 0 Å². The fourth-order valence-corrected chi connectivity index (χ4v) is 1.61. The molecular formula is C7H10N6S. The third-order valence-electron chi connectivity index (χ3n) is 1.65. The van der Waals surface area contributed by atoms with Crippen molar-refractivity contribution in [1.82, 2.24) is 20.2 Å². The molecule has 74 valence electrons. The highest BCUT2D eigenvalue weighted by molar-refractivity contribution is 7.07. The molecule has 4 N–H and O–H groups in total. The molecule has 14 heavy (non-hydrogen) atoms. The molecule has 2 aromatic heterocycles. The molecule has 0 unspecified atom stereocenters. The lowest BCUT2D eigenvalue weighted by molar-refractivity contribution is 0.954. The predicted octanol–water partition coefficient (Wildman–Crippen LogP) is 0.498. The van der Waals surface area contributed by atoms with Gasteiger partial charge in [0, 0.05) is 18.3 Å². The molecule has 2 rings (SSSR count). The summed E-state index contributed by atoms with van der Waals surface area (Å²) in [7, 11) is 0. The fourth-order valence-electron chi connectivity index (χ4n) is 1.02. The Hall–Kier alpha value is -1.63. The summed E-state index contributed by atoms with van der Waals surface area (Å²) in [5.41, 5.74) is 8.26. The minimum atomic E-state index is 0.321. The van der Waals surface area contributed by atoms with Crippen LogP contribution in [0.25, 0.3) is 0 Å². The minimum Gasteiger partial charge on any atom is -0.368 e. The molecule has 2 aromatic rings. The van der Waals surface area contributed by atoms with Crippen LogP contribution in [-0.4, -0.2) is 26.7 Å². The van der Waals surface area contributed by atoms with Gasteiger partial charge in [0.2, 0.25) is 11.9 Å². The standard InChI is InChI=1S/C7H10N6S/c8-6-11-7(13-12-6)9-2-1-5-3-14-4-10-5/h3-4H,1-2H2,(H4,8,9,11,12,13). The van der Waals surface area contributed by atoms with Gasteiger partial charge in [-0.1, -0.05) is 0 Å². The van der Waals surface area contributed by atoms with Crippen molar-refractivity contribution in [2.24, 2.45) is 0 Å². The highest BCUT2D eigenvalue weighted by Crippen LogP contribution is 2.03. The third-order valence-corrected chi connectivity index (χ3v) is 2.29. The molecule has 7 heteroatoms. The third kappa shape index (κ3) is 2.19. The number of rotatable bonds is 4. The Labute approximate surface area is 84.6 Å². The summed E-state index contributed by atoms with van der Waals surface area (Å²) >= 11 is 1.59. The normalized spacial score (nSPS) is 10.3. The molecule has 0 fully saturated rings. The zero-order valence-electron chi connectivity index (χ0n) is 7.40. The Bertz CT molecular complexity index is 381. The van der Waals surface area contributed by atoms with Crippen molar-refractivity contribution in [2.45, 2.75) is 6.42 Å². The minimum absolute atomic E-state index is 0.321. The van der Waals surface area contributed by atoms with Crippen LogP contribution in [0.4, 0.5) is 11.9 Å². The summed E-state index contributed by atoms with van der Waals surface area (Å²) in [6, 6.07) is 0. The lowest BCUT2D eigenvalue weighted by Crippen LogP contribution is -2.06. The van der Waals surface area contributed by atoms with Gasteiger partial charge in [-0.2, -0.15) is 4.98 Å². The van der Waals surface area contributed by atoms with Gasteiger partial charge >= 0.3 is 0 Å². The first-order valence-electron chi connectivity index (χ1n) is 4.13. The van der Waals surface area contributed by atoms with Gasteiger partial charge in [-0.15, -0.1) is 16.4 Å². The molecule has 0 saturated heterocycles. The average molecular weight is 210 g/mol. The van der Waals surface area contributed by atoms with Crippen LogP contribution >= 0.6 is 11.3 Å². The second kappa shape index (κ2) is 4.05. The maximum absolute atomic E-state index is 5.37. The summed E-state index contributed by atoms with van der Waals surface area (Å²) in [6.45, 7) is 0.751. The van der Waals surface area contributed by atoms with Crippen molar-refractivity contribution in [3.05, 3.63) is 16.6 Å². The molecule has 0 spiro atoms. The molecule has 0 radical (unpaired) electrons. The first-order chi connectivity index (χ1) is 6.84. The van der Waals surface area contributed by atoms with E-state index in [1.165, 1.54) is 0 Å². The van der Waals surface area contributed by atoms with Crippen LogP contribution in [0.2, 0.25) is 0 Å². The quantitative estimate of drug-likeness (QED) is 0.683. The van der Waals surface area contributed by atoms with Gasteiger partial charge < -0.3 is 11.1 Å². The van der Waals surface area contributed by atoms with E-state index < -0.39 is 0 Å². The number of aromatic amines is 1. The van der Waals surface area contributed by atoms with Crippen molar-refractivity contribution >= 4 is 23.2 Å². The Balaban J connectivity index is 1.78. The Morgan fingerprint density at radius 3 is 3.14 bits per heavy atom. The summed E-state index contributed by atoms with van der Waals surface area (Å²) in [4.78, 5) is 8.07. The first kappa shape index (κ1) is 8.95. The molecular weight excluding hydrogens is 200 g/mol. The number of thiazole rings is 1. The second-order valence-electron chi connectivity index (χ2n) is 2.70. The topological polar surface area (TPSA) is 92.5 Å². The lowest BCUT2D eigenvalue weighted by Gasteiger charge is -1.97. The van der Waals surface area contributed by atoms with E-state index in [4.69, 9.17) is 5.73 Å². The van der Waals surface area contributed by atoms with Gasteiger partial charge in [-0.3, -0.25) is 0 Å². The molecule has 0 saturated carbocycles. The number of nitrogen functional groups attached to an aromatic ring is 1. The van der Waals surface area contributed by atoms with E-state index in [0.717, 1.165) is 18.7 Å². The molecule has 0 aliphatic carbocycles. The van der Waals surface area contributed by atoms with Crippen molar-refractivity contribution in [1.29, 1.82) is 0 Å². The van der Waals surface area contributed by atoms with Crippen LogP contribution < -0.4 is 11.1 Å². The number of nitrogens with one attached hydrogen (secondary N) is 2. The van der Waals surface area contributed by atoms with Gasteiger partial charge in [0.25, 0.3) is 0 Å². The zero-order valence-corrected chi connectivity index (χ0v) is 8.21. The lowest BCUT2D eigenvalue weighted by atomic mass is 10.3. The van der Waals surface area contributed by atoms with E-state index in [9.17, 15) is 0 Å². The number of hydrogen-bond acceptors (Lipinski definition) is 6. The monoisotopic (exact) mass is 210 g/mol. The molecule has 0 aliphatic rings. The smallest absolute Gasteiger partial charge is 0.243 e. The number of nitrogens with two attached hydrogens (primary N) is 1. The number of anilines is 2. The molecule has 0 bridgehead atoms. The van der Waals surface area contributed by atoms with Crippen molar-refractivity contribution < 1.29 is 0 Å². The fraction of sp³-hybridized carbons (Fsp3) is 0.286. The van der Waals surface area contributed by atoms with Crippen molar-refractivity contribution in [3.8, 4) is 0 Å². The highest BCUT2D eigenvalue weighted by atomic mass is 32.1. The van der Waals surface area contributed by atoms with Gasteiger partial charge in [-0.25, -0.2) is 10.1 Å². The van der Waals surface area contributed by atoms with E-state index >= 15 is 0 Å². The van der Waals surface area contributed by atoms with Crippen molar-refractivity contribution in [2.75, 3.05) is 17.6 Å². The second-order valence-corrected chi connectivity index (χ2v) is 3.42. The predicted molar refractivity (Wildman–Crippen MR) is 55.1 cm³/mol. The Morgan fingerprint density at radius 2 is 2.50 bits per heavy atom. The number of nitrogens with zero attached hydrogens (tertiary/aromatic N) is 3. The summed E-state index contributed by atoms with van der Waals surface area (Å²) < 4.78 is 0. The van der Waals surface area contributed by atoms with Crippen LogP contribution in [0.1, 0.15) is 5.69 Å². The molecule has 0 amide bonds.